The Hall–Kier alpha value is -3.37. The minimum Gasteiger partial charge on any atom is -0.465 e. The standard InChI is InChI=1S/C32H38N2O2/c1-32(2)22-30(25-34(32)31(35)36)29(19-18-26-12-6-3-7-13-26)20-21-33(23-27-14-8-4-9-15-27)24-28-16-10-5-11-17-28/h3-17H,18-25H2,1-2H3,(H,35,36). The molecule has 4 heteroatoms. The first-order valence-corrected chi connectivity index (χ1v) is 13.0. The van der Waals surface area contributed by atoms with Gasteiger partial charge in [0.1, 0.15) is 0 Å². The van der Waals surface area contributed by atoms with Gasteiger partial charge in [-0.1, -0.05) is 96.6 Å². The molecular formula is C32H38N2O2. The fourth-order valence-electron chi connectivity index (χ4n) is 5.25. The van der Waals surface area contributed by atoms with Crippen molar-refractivity contribution >= 4 is 6.09 Å². The Kier molecular flexibility index (Phi) is 8.61. The molecule has 0 aromatic heterocycles. The van der Waals surface area contributed by atoms with E-state index in [0.717, 1.165) is 45.3 Å². The van der Waals surface area contributed by atoms with Crippen molar-refractivity contribution < 1.29 is 9.90 Å². The van der Waals surface area contributed by atoms with Crippen LogP contribution in [0.4, 0.5) is 4.79 Å². The van der Waals surface area contributed by atoms with Crippen LogP contribution >= 0.6 is 0 Å². The molecule has 0 radical (unpaired) electrons. The van der Waals surface area contributed by atoms with Crippen molar-refractivity contribution in [3.8, 4) is 0 Å². The Labute approximate surface area is 215 Å². The first kappa shape index (κ1) is 25.7. The van der Waals surface area contributed by atoms with Gasteiger partial charge >= 0.3 is 6.09 Å². The van der Waals surface area contributed by atoms with Gasteiger partial charge in [0.2, 0.25) is 0 Å². The van der Waals surface area contributed by atoms with Gasteiger partial charge in [0.15, 0.2) is 0 Å². The highest BCUT2D eigenvalue weighted by atomic mass is 16.4. The summed E-state index contributed by atoms with van der Waals surface area (Å²) >= 11 is 0. The summed E-state index contributed by atoms with van der Waals surface area (Å²) in [4.78, 5) is 16.1. The van der Waals surface area contributed by atoms with Crippen LogP contribution in [0.5, 0.6) is 0 Å². The van der Waals surface area contributed by atoms with E-state index in [1.165, 1.54) is 27.8 Å². The Morgan fingerprint density at radius 2 is 1.31 bits per heavy atom. The number of benzene rings is 3. The Morgan fingerprint density at radius 3 is 1.78 bits per heavy atom. The molecule has 36 heavy (non-hydrogen) atoms. The summed E-state index contributed by atoms with van der Waals surface area (Å²) in [6.07, 6.45) is 2.87. The number of hydrogen-bond donors (Lipinski definition) is 1. The molecule has 1 amide bonds. The fourth-order valence-corrected chi connectivity index (χ4v) is 5.25. The van der Waals surface area contributed by atoms with Crippen molar-refractivity contribution in [2.75, 3.05) is 13.1 Å². The molecule has 1 aliphatic rings. The number of likely N-dealkylation sites (tertiary alicyclic amines) is 1. The molecule has 0 aliphatic carbocycles. The van der Waals surface area contributed by atoms with Crippen LogP contribution in [0.2, 0.25) is 0 Å². The molecule has 1 saturated heterocycles. The van der Waals surface area contributed by atoms with E-state index >= 15 is 0 Å². The number of rotatable bonds is 10. The van der Waals surface area contributed by atoms with E-state index in [4.69, 9.17) is 0 Å². The maximum Gasteiger partial charge on any atom is 0.408 e. The molecule has 3 aromatic carbocycles. The van der Waals surface area contributed by atoms with Gasteiger partial charge in [-0.05, 0) is 61.8 Å². The van der Waals surface area contributed by atoms with Gasteiger partial charge < -0.3 is 5.11 Å². The van der Waals surface area contributed by atoms with Gasteiger partial charge in [0.05, 0.1) is 0 Å². The van der Waals surface area contributed by atoms with E-state index in [1.807, 2.05) is 13.8 Å². The van der Waals surface area contributed by atoms with Crippen LogP contribution in [-0.2, 0) is 19.5 Å². The number of carboxylic acid groups (broad SMARTS) is 1. The minimum atomic E-state index is -0.827. The lowest BCUT2D eigenvalue weighted by molar-refractivity contribution is 0.117. The third-order valence-electron chi connectivity index (χ3n) is 7.24. The summed E-state index contributed by atoms with van der Waals surface area (Å²) in [6.45, 7) is 7.32. The van der Waals surface area contributed by atoms with Crippen molar-refractivity contribution in [2.24, 2.45) is 0 Å². The van der Waals surface area contributed by atoms with Crippen LogP contribution in [0.1, 0.15) is 49.8 Å². The molecule has 188 valence electrons. The Balaban J connectivity index is 1.55. The van der Waals surface area contributed by atoms with Crippen molar-refractivity contribution in [3.63, 3.8) is 0 Å². The summed E-state index contributed by atoms with van der Waals surface area (Å²) < 4.78 is 0. The molecule has 0 unspecified atom stereocenters. The van der Waals surface area contributed by atoms with Gasteiger partial charge in [0.25, 0.3) is 0 Å². The van der Waals surface area contributed by atoms with Gasteiger partial charge in [0, 0.05) is 31.7 Å². The molecule has 0 bridgehead atoms. The summed E-state index contributed by atoms with van der Waals surface area (Å²) in [7, 11) is 0. The number of carbonyl (C=O) groups is 1. The molecule has 1 fully saturated rings. The van der Waals surface area contributed by atoms with Crippen LogP contribution in [0.3, 0.4) is 0 Å². The molecule has 4 nitrogen and oxygen atoms in total. The fraction of sp³-hybridized carbons (Fsp3) is 0.344. The van der Waals surface area contributed by atoms with E-state index in [2.05, 4.69) is 95.9 Å². The molecule has 1 N–H and O–H groups in total. The van der Waals surface area contributed by atoms with Crippen LogP contribution in [-0.4, -0.2) is 39.6 Å². The maximum atomic E-state index is 11.9. The van der Waals surface area contributed by atoms with Crippen LogP contribution in [0, 0.1) is 0 Å². The lowest BCUT2D eigenvalue weighted by Gasteiger charge is -2.27. The summed E-state index contributed by atoms with van der Waals surface area (Å²) in [5, 5.41) is 9.80. The normalized spacial score (nSPS) is 16.4. The molecule has 3 aromatic rings. The summed E-state index contributed by atoms with van der Waals surface area (Å²) in [5.41, 5.74) is 6.30. The van der Waals surface area contributed by atoms with E-state index in [-0.39, 0.29) is 5.54 Å². The average Bonchev–Trinajstić information content (AvgIpc) is 3.21. The Bertz CT molecular complexity index is 1100. The topological polar surface area (TPSA) is 43.8 Å². The van der Waals surface area contributed by atoms with Gasteiger partial charge in [-0.15, -0.1) is 0 Å². The monoisotopic (exact) mass is 482 g/mol. The maximum absolute atomic E-state index is 11.9. The minimum absolute atomic E-state index is 0.368. The zero-order chi connectivity index (χ0) is 25.4. The van der Waals surface area contributed by atoms with E-state index in [0.29, 0.717) is 6.54 Å². The second kappa shape index (κ2) is 12.0. The molecular weight excluding hydrogens is 444 g/mol. The third kappa shape index (κ3) is 7.08. The predicted octanol–water partition coefficient (Wildman–Crippen LogP) is 7.17. The zero-order valence-electron chi connectivity index (χ0n) is 21.6. The predicted molar refractivity (Wildman–Crippen MR) is 147 cm³/mol. The molecule has 0 spiro atoms. The molecule has 4 rings (SSSR count). The zero-order valence-corrected chi connectivity index (χ0v) is 21.6. The lowest BCUT2D eigenvalue weighted by atomic mass is 9.92. The van der Waals surface area contributed by atoms with Crippen LogP contribution in [0.15, 0.2) is 102 Å². The Morgan fingerprint density at radius 1 is 0.806 bits per heavy atom. The van der Waals surface area contributed by atoms with Crippen LogP contribution in [0.25, 0.3) is 0 Å². The van der Waals surface area contributed by atoms with Gasteiger partial charge in [-0.25, -0.2) is 4.79 Å². The first-order valence-electron chi connectivity index (χ1n) is 13.0. The van der Waals surface area contributed by atoms with Crippen molar-refractivity contribution in [2.45, 2.75) is 58.2 Å². The highest BCUT2D eigenvalue weighted by Crippen LogP contribution is 2.36. The summed E-state index contributed by atoms with van der Waals surface area (Å²) in [6, 6.07) is 31.9. The number of aryl methyl sites for hydroxylation is 1. The number of nitrogens with zero attached hydrogens (tertiary/aromatic N) is 2. The quantitative estimate of drug-likeness (QED) is 0.312. The van der Waals surface area contributed by atoms with E-state index < -0.39 is 6.09 Å². The van der Waals surface area contributed by atoms with Gasteiger partial charge in [-0.2, -0.15) is 0 Å². The van der Waals surface area contributed by atoms with E-state index in [9.17, 15) is 9.90 Å². The third-order valence-corrected chi connectivity index (χ3v) is 7.24. The number of amides is 1. The second-order valence-electron chi connectivity index (χ2n) is 10.5. The number of hydrogen-bond acceptors (Lipinski definition) is 2. The van der Waals surface area contributed by atoms with Crippen LogP contribution < -0.4 is 0 Å². The summed E-state index contributed by atoms with van der Waals surface area (Å²) in [5.74, 6) is 0. The average molecular weight is 483 g/mol. The highest BCUT2D eigenvalue weighted by Gasteiger charge is 2.39. The molecule has 1 heterocycles. The lowest BCUT2D eigenvalue weighted by Crippen LogP contribution is -2.41. The van der Waals surface area contributed by atoms with Crippen molar-refractivity contribution in [1.82, 2.24) is 9.80 Å². The van der Waals surface area contributed by atoms with Crippen molar-refractivity contribution in [1.29, 1.82) is 0 Å². The molecule has 0 atom stereocenters. The van der Waals surface area contributed by atoms with E-state index in [1.54, 1.807) is 4.90 Å². The molecule has 0 saturated carbocycles. The SMILES string of the molecule is CC1(C)CC(=C(CCc2ccccc2)CCN(Cc2ccccc2)Cc2ccccc2)CN1C(=O)O. The first-order chi connectivity index (χ1) is 17.4. The second-order valence-corrected chi connectivity index (χ2v) is 10.5. The smallest absolute Gasteiger partial charge is 0.408 e. The largest absolute Gasteiger partial charge is 0.465 e. The van der Waals surface area contributed by atoms with Crippen molar-refractivity contribution in [3.05, 3.63) is 119 Å². The highest BCUT2D eigenvalue weighted by molar-refractivity contribution is 5.67. The molecule has 1 aliphatic heterocycles. The van der Waals surface area contributed by atoms with Gasteiger partial charge in [-0.3, -0.25) is 9.80 Å².